The van der Waals surface area contributed by atoms with E-state index in [9.17, 15) is 0 Å². The van der Waals surface area contributed by atoms with Gasteiger partial charge in [0.05, 0.1) is 12.8 Å². The maximum atomic E-state index is 5.42. The summed E-state index contributed by atoms with van der Waals surface area (Å²) in [5.74, 6) is 2.00. The van der Waals surface area contributed by atoms with Gasteiger partial charge >= 0.3 is 0 Å². The van der Waals surface area contributed by atoms with Crippen molar-refractivity contribution in [2.75, 3.05) is 36.7 Å². The number of ether oxygens (including phenoxy) is 1. The van der Waals surface area contributed by atoms with Crippen LogP contribution in [0.2, 0.25) is 0 Å². The molecule has 0 saturated carbocycles. The van der Waals surface area contributed by atoms with Crippen molar-refractivity contribution in [1.29, 1.82) is 0 Å². The van der Waals surface area contributed by atoms with E-state index in [0.29, 0.717) is 5.95 Å². The van der Waals surface area contributed by atoms with Gasteiger partial charge in [0.2, 0.25) is 5.95 Å². The Morgan fingerprint density at radius 2 is 1.63 bits per heavy atom. The molecule has 0 amide bonds. The zero-order valence-corrected chi connectivity index (χ0v) is 16.4. The Bertz CT molecular complexity index is 922. The maximum absolute atomic E-state index is 5.42. The first-order valence-corrected chi connectivity index (χ1v) is 8.76. The molecule has 0 aliphatic carbocycles. The Kier molecular flexibility index (Phi) is 5.45. The van der Waals surface area contributed by atoms with Crippen molar-refractivity contribution in [2.45, 2.75) is 13.8 Å². The highest BCUT2D eigenvalue weighted by Gasteiger charge is 2.08. The van der Waals surface area contributed by atoms with Gasteiger partial charge in [-0.05, 0) is 55.8 Å². The topological polar surface area (TPSA) is 62.3 Å². The summed E-state index contributed by atoms with van der Waals surface area (Å²) in [4.78, 5) is 11.1. The average molecular weight is 363 g/mol. The molecule has 3 aromatic rings. The summed E-state index contributed by atoms with van der Waals surface area (Å²) in [7, 11) is 5.69. The lowest BCUT2D eigenvalue weighted by atomic mass is 10.2. The molecule has 0 aliphatic heterocycles. The molecule has 0 aliphatic rings. The highest BCUT2D eigenvalue weighted by Crippen LogP contribution is 2.28. The molecular weight excluding hydrogens is 338 g/mol. The van der Waals surface area contributed by atoms with Gasteiger partial charge in [-0.1, -0.05) is 6.07 Å². The second-order valence-electron chi connectivity index (χ2n) is 6.61. The number of nitrogens with one attached hydrogen (secondary N) is 2. The SMILES string of the molecule is COc1ccc(C)cc1Nc1nc(C)cc(Nc2ccc(N(C)C)cc2)n1. The predicted octanol–water partition coefficient (Wildman–Crippen LogP) is 4.66. The Balaban J connectivity index is 1.83. The van der Waals surface area contributed by atoms with Crippen molar-refractivity contribution in [1.82, 2.24) is 9.97 Å². The van der Waals surface area contributed by atoms with Crippen LogP contribution in [0.5, 0.6) is 5.75 Å². The van der Waals surface area contributed by atoms with E-state index in [0.717, 1.165) is 39.9 Å². The zero-order chi connectivity index (χ0) is 19.4. The van der Waals surface area contributed by atoms with E-state index in [1.54, 1.807) is 7.11 Å². The van der Waals surface area contributed by atoms with E-state index in [4.69, 9.17) is 4.74 Å². The van der Waals surface area contributed by atoms with E-state index >= 15 is 0 Å². The van der Waals surface area contributed by atoms with Crippen LogP contribution in [0.4, 0.5) is 28.8 Å². The Morgan fingerprint density at radius 3 is 2.30 bits per heavy atom. The summed E-state index contributed by atoms with van der Waals surface area (Å²) in [5, 5.41) is 6.60. The molecule has 6 heteroatoms. The third kappa shape index (κ3) is 4.67. The molecule has 27 heavy (non-hydrogen) atoms. The molecule has 2 aromatic carbocycles. The Hall–Kier alpha value is -3.28. The number of rotatable bonds is 6. The van der Waals surface area contributed by atoms with Crippen molar-refractivity contribution in [3.63, 3.8) is 0 Å². The fourth-order valence-corrected chi connectivity index (χ4v) is 2.72. The summed E-state index contributed by atoms with van der Waals surface area (Å²) in [6.07, 6.45) is 0. The predicted molar refractivity (Wildman–Crippen MR) is 112 cm³/mol. The van der Waals surface area contributed by atoms with Gasteiger partial charge in [0.1, 0.15) is 11.6 Å². The lowest BCUT2D eigenvalue weighted by molar-refractivity contribution is 0.416. The fourth-order valence-electron chi connectivity index (χ4n) is 2.72. The van der Waals surface area contributed by atoms with E-state index in [-0.39, 0.29) is 0 Å². The maximum Gasteiger partial charge on any atom is 0.229 e. The van der Waals surface area contributed by atoms with Gasteiger partial charge in [-0.15, -0.1) is 0 Å². The third-order valence-electron chi connectivity index (χ3n) is 4.11. The average Bonchev–Trinajstić information content (AvgIpc) is 2.62. The minimum Gasteiger partial charge on any atom is -0.495 e. The first-order chi connectivity index (χ1) is 12.9. The highest BCUT2D eigenvalue weighted by molar-refractivity contribution is 5.66. The van der Waals surface area contributed by atoms with Crippen LogP contribution in [0.25, 0.3) is 0 Å². The van der Waals surface area contributed by atoms with E-state index in [1.165, 1.54) is 0 Å². The molecule has 2 N–H and O–H groups in total. The van der Waals surface area contributed by atoms with Gasteiger partial charge in [-0.25, -0.2) is 4.98 Å². The van der Waals surface area contributed by atoms with Crippen LogP contribution < -0.4 is 20.3 Å². The van der Waals surface area contributed by atoms with E-state index < -0.39 is 0 Å². The van der Waals surface area contributed by atoms with Crippen molar-refractivity contribution in [3.05, 3.63) is 59.8 Å². The van der Waals surface area contributed by atoms with Gasteiger partial charge in [-0.2, -0.15) is 4.98 Å². The van der Waals surface area contributed by atoms with E-state index in [1.807, 2.05) is 64.3 Å². The minimum atomic E-state index is 0.520. The van der Waals surface area contributed by atoms with Crippen LogP contribution in [0, 0.1) is 13.8 Å². The van der Waals surface area contributed by atoms with Crippen LogP contribution in [0.15, 0.2) is 48.5 Å². The normalized spacial score (nSPS) is 10.4. The zero-order valence-electron chi connectivity index (χ0n) is 16.4. The van der Waals surface area contributed by atoms with Crippen molar-refractivity contribution >= 4 is 28.8 Å². The molecule has 140 valence electrons. The molecule has 6 nitrogen and oxygen atoms in total. The number of nitrogens with zero attached hydrogens (tertiary/aromatic N) is 3. The molecule has 0 saturated heterocycles. The van der Waals surface area contributed by atoms with Gasteiger partial charge in [0.15, 0.2) is 0 Å². The van der Waals surface area contributed by atoms with Gasteiger partial charge < -0.3 is 20.3 Å². The molecule has 0 unspecified atom stereocenters. The lowest BCUT2D eigenvalue weighted by Crippen LogP contribution is -2.08. The summed E-state index contributed by atoms with van der Waals surface area (Å²) in [6, 6.07) is 16.0. The van der Waals surface area contributed by atoms with Crippen LogP contribution >= 0.6 is 0 Å². The Morgan fingerprint density at radius 1 is 0.889 bits per heavy atom. The van der Waals surface area contributed by atoms with Gasteiger partial charge in [0, 0.05) is 37.2 Å². The van der Waals surface area contributed by atoms with Crippen molar-refractivity contribution < 1.29 is 4.74 Å². The summed E-state index contributed by atoms with van der Waals surface area (Å²) >= 11 is 0. The third-order valence-corrected chi connectivity index (χ3v) is 4.11. The first kappa shape index (κ1) is 18.5. The summed E-state index contributed by atoms with van der Waals surface area (Å²) in [5.41, 5.74) is 4.95. The minimum absolute atomic E-state index is 0.520. The molecule has 0 atom stereocenters. The highest BCUT2D eigenvalue weighted by atomic mass is 16.5. The first-order valence-electron chi connectivity index (χ1n) is 8.76. The van der Waals surface area contributed by atoms with Gasteiger partial charge in [-0.3, -0.25) is 0 Å². The van der Waals surface area contributed by atoms with Crippen molar-refractivity contribution in [3.8, 4) is 5.75 Å². The second kappa shape index (κ2) is 7.95. The number of benzene rings is 2. The number of aryl methyl sites for hydroxylation is 2. The number of anilines is 5. The largest absolute Gasteiger partial charge is 0.495 e. The van der Waals surface area contributed by atoms with E-state index in [2.05, 4.69) is 37.6 Å². The van der Waals surface area contributed by atoms with Crippen molar-refractivity contribution in [2.24, 2.45) is 0 Å². The molecule has 0 bridgehead atoms. The molecule has 1 heterocycles. The number of hydrogen-bond donors (Lipinski definition) is 2. The smallest absolute Gasteiger partial charge is 0.229 e. The monoisotopic (exact) mass is 363 g/mol. The molecule has 0 radical (unpaired) electrons. The second-order valence-corrected chi connectivity index (χ2v) is 6.61. The lowest BCUT2D eigenvalue weighted by Gasteiger charge is -2.14. The molecule has 0 fully saturated rings. The number of methoxy groups -OCH3 is 1. The molecule has 0 spiro atoms. The van der Waals surface area contributed by atoms with Crippen LogP contribution in [0.3, 0.4) is 0 Å². The van der Waals surface area contributed by atoms with Crippen LogP contribution in [-0.4, -0.2) is 31.2 Å². The van der Waals surface area contributed by atoms with Crippen LogP contribution in [-0.2, 0) is 0 Å². The molecular formula is C21H25N5O. The molecule has 1 aromatic heterocycles. The fraction of sp³-hybridized carbons (Fsp3) is 0.238. The summed E-state index contributed by atoms with van der Waals surface area (Å²) < 4.78 is 5.42. The van der Waals surface area contributed by atoms with Gasteiger partial charge in [0.25, 0.3) is 0 Å². The Labute approximate surface area is 160 Å². The standard InChI is InChI=1S/C21H25N5O/c1-14-6-11-19(27-5)18(12-14)24-21-22-15(2)13-20(25-21)23-16-7-9-17(10-8-16)26(3)4/h6-13H,1-5H3,(H2,22,23,24,25). The summed E-state index contributed by atoms with van der Waals surface area (Å²) in [6.45, 7) is 3.98. The number of aromatic nitrogens is 2. The molecule has 3 rings (SSSR count). The number of hydrogen-bond acceptors (Lipinski definition) is 6. The quantitative estimate of drug-likeness (QED) is 0.664. The van der Waals surface area contributed by atoms with Crippen LogP contribution in [0.1, 0.15) is 11.3 Å².